The van der Waals surface area contributed by atoms with Crippen LogP contribution in [0.15, 0.2) is 0 Å². The first-order chi connectivity index (χ1) is 3.70. The van der Waals surface area contributed by atoms with Crippen LogP contribution in [-0.2, 0) is 4.79 Å². The Morgan fingerprint density at radius 2 is 2.12 bits per heavy atom. The van der Waals surface area contributed by atoms with E-state index < -0.39 is 6.03 Å². The van der Waals surface area contributed by atoms with Gasteiger partial charge in [0.15, 0.2) is 0 Å². The van der Waals surface area contributed by atoms with Crippen molar-refractivity contribution in [2.45, 2.75) is 13.0 Å². The molecule has 1 fully saturated rings. The predicted molar refractivity (Wildman–Crippen MR) is 26.1 cm³/mol. The number of hydrogen-bond acceptors (Lipinski definition) is 2. The molecule has 0 aliphatic carbocycles. The van der Waals surface area contributed by atoms with Gasteiger partial charge in [0.2, 0.25) is 5.91 Å². The summed E-state index contributed by atoms with van der Waals surface area (Å²) in [4.78, 5) is 20.6. The monoisotopic (exact) mass is 114 g/mol. The van der Waals surface area contributed by atoms with Gasteiger partial charge in [-0.15, -0.1) is 0 Å². The Morgan fingerprint density at radius 3 is 2.25 bits per heavy atom. The zero-order valence-electron chi connectivity index (χ0n) is 4.39. The molecule has 0 unspecified atom stereocenters. The van der Waals surface area contributed by atoms with Crippen LogP contribution in [0, 0.1) is 0 Å². The third-order valence-corrected chi connectivity index (χ3v) is 0.978. The smallest absolute Gasteiger partial charge is 0.322 e. The molecule has 1 saturated heterocycles. The van der Waals surface area contributed by atoms with Crippen molar-refractivity contribution < 1.29 is 9.59 Å². The van der Waals surface area contributed by atoms with E-state index >= 15 is 0 Å². The molecule has 2 N–H and O–H groups in total. The summed E-state index contributed by atoms with van der Waals surface area (Å²) in [7, 11) is 0. The SMILES string of the molecule is C[C@H]1NC(=O)NC1=O. The Hall–Kier alpha value is -1.06. The van der Waals surface area contributed by atoms with E-state index in [0.717, 1.165) is 0 Å². The molecular formula is C4H6N2O2. The largest absolute Gasteiger partial charge is 0.326 e. The number of nitrogens with one attached hydrogen (secondary N) is 2. The van der Waals surface area contributed by atoms with Crippen LogP contribution in [0.5, 0.6) is 0 Å². The summed E-state index contributed by atoms with van der Waals surface area (Å²) >= 11 is 0. The van der Waals surface area contributed by atoms with E-state index in [9.17, 15) is 9.59 Å². The second kappa shape index (κ2) is 1.47. The number of hydrogen-bond donors (Lipinski definition) is 2. The van der Waals surface area contributed by atoms with Crippen LogP contribution in [-0.4, -0.2) is 18.0 Å². The van der Waals surface area contributed by atoms with Gasteiger partial charge < -0.3 is 5.32 Å². The van der Waals surface area contributed by atoms with Gasteiger partial charge in [0, 0.05) is 0 Å². The van der Waals surface area contributed by atoms with Gasteiger partial charge in [0.1, 0.15) is 6.04 Å². The fraction of sp³-hybridized carbons (Fsp3) is 0.500. The van der Waals surface area contributed by atoms with Crippen molar-refractivity contribution in [2.75, 3.05) is 0 Å². The molecule has 1 aliphatic rings. The van der Waals surface area contributed by atoms with E-state index in [2.05, 4.69) is 10.6 Å². The Balaban J connectivity index is 2.64. The predicted octanol–water partition coefficient (Wildman–Crippen LogP) is -0.786. The van der Waals surface area contributed by atoms with E-state index in [4.69, 9.17) is 0 Å². The van der Waals surface area contributed by atoms with Crippen LogP contribution < -0.4 is 10.6 Å². The van der Waals surface area contributed by atoms with Crippen LogP contribution in [0.4, 0.5) is 4.79 Å². The lowest BCUT2D eigenvalue weighted by Gasteiger charge is -1.91. The first-order valence-corrected chi connectivity index (χ1v) is 2.31. The second-order valence-corrected chi connectivity index (χ2v) is 1.68. The summed E-state index contributed by atoms with van der Waals surface area (Å²) in [6.45, 7) is 1.63. The molecule has 8 heavy (non-hydrogen) atoms. The Morgan fingerprint density at radius 1 is 1.50 bits per heavy atom. The molecule has 1 heterocycles. The molecule has 0 saturated carbocycles. The maximum Gasteiger partial charge on any atom is 0.322 e. The zero-order valence-corrected chi connectivity index (χ0v) is 4.39. The lowest BCUT2D eigenvalue weighted by molar-refractivity contribution is -0.119. The zero-order chi connectivity index (χ0) is 6.15. The average molecular weight is 114 g/mol. The van der Waals surface area contributed by atoms with E-state index in [-0.39, 0.29) is 11.9 Å². The van der Waals surface area contributed by atoms with Crippen molar-refractivity contribution in [3.8, 4) is 0 Å². The summed E-state index contributed by atoms with van der Waals surface area (Å²) in [5.74, 6) is -0.255. The van der Waals surface area contributed by atoms with E-state index in [1.807, 2.05) is 0 Å². The molecule has 1 atom stereocenters. The lowest BCUT2D eigenvalue weighted by Crippen LogP contribution is -2.24. The van der Waals surface area contributed by atoms with Crippen molar-refractivity contribution in [3.05, 3.63) is 0 Å². The standard InChI is InChI=1S/C4H6N2O2/c1-2-3(7)6-4(8)5-2/h2H,1H3,(H2,5,6,7,8)/t2-/m1/s1. The molecule has 4 nitrogen and oxygen atoms in total. The van der Waals surface area contributed by atoms with Crippen molar-refractivity contribution in [3.63, 3.8) is 0 Å². The van der Waals surface area contributed by atoms with Crippen molar-refractivity contribution in [1.82, 2.24) is 10.6 Å². The summed E-state index contributed by atoms with van der Waals surface area (Å²) in [5.41, 5.74) is 0. The molecule has 0 spiro atoms. The fourth-order valence-electron chi connectivity index (χ4n) is 0.518. The van der Waals surface area contributed by atoms with Crippen molar-refractivity contribution >= 4 is 11.9 Å². The topological polar surface area (TPSA) is 58.2 Å². The van der Waals surface area contributed by atoms with Gasteiger partial charge in [-0.25, -0.2) is 4.79 Å². The van der Waals surface area contributed by atoms with Crippen LogP contribution in [0.25, 0.3) is 0 Å². The number of urea groups is 1. The highest BCUT2D eigenvalue weighted by Crippen LogP contribution is 1.88. The van der Waals surface area contributed by atoms with Gasteiger partial charge in [-0.05, 0) is 6.92 Å². The summed E-state index contributed by atoms with van der Waals surface area (Å²) in [5, 5.41) is 4.44. The van der Waals surface area contributed by atoms with E-state index in [1.165, 1.54) is 0 Å². The first-order valence-electron chi connectivity index (χ1n) is 2.31. The highest BCUT2D eigenvalue weighted by atomic mass is 16.2. The number of amides is 3. The number of carbonyl (C=O) groups excluding carboxylic acids is 2. The van der Waals surface area contributed by atoms with Crippen LogP contribution in [0.1, 0.15) is 6.92 Å². The molecule has 44 valence electrons. The van der Waals surface area contributed by atoms with E-state index in [1.54, 1.807) is 6.92 Å². The minimum absolute atomic E-state index is 0.255. The maximum absolute atomic E-state index is 10.4. The van der Waals surface area contributed by atoms with Crippen LogP contribution in [0.2, 0.25) is 0 Å². The Labute approximate surface area is 46.3 Å². The number of rotatable bonds is 0. The second-order valence-electron chi connectivity index (χ2n) is 1.68. The normalized spacial score (nSPS) is 27.4. The Bertz CT molecular complexity index is 143. The van der Waals surface area contributed by atoms with Gasteiger partial charge in [-0.1, -0.05) is 0 Å². The lowest BCUT2D eigenvalue weighted by atomic mass is 10.4. The molecule has 0 aromatic heterocycles. The molecule has 0 aromatic carbocycles. The molecule has 0 aromatic rings. The number of carbonyl (C=O) groups is 2. The molecule has 4 heteroatoms. The highest BCUT2D eigenvalue weighted by Gasteiger charge is 2.24. The summed E-state index contributed by atoms with van der Waals surface area (Å²) in [6, 6.07) is -0.759. The van der Waals surface area contributed by atoms with Gasteiger partial charge in [0.05, 0.1) is 0 Å². The molecule has 0 radical (unpaired) electrons. The van der Waals surface area contributed by atoms with Crippen molar-refractivity contribution in [2.24, 2.45) is 0 Å². The molecule has 3 amide bonds. The van der Waals surface area contributed by atoms with Crippen LogP contribution in [0.3, 0.4) is 0 Å². The molecule has 1 aliphatic heterocycles. The minimum atomic E-state index is -0.400. The first kappa shape index (κ1) is 5.08. The van der Waals surface area contributed by atoms with Gasteiger partial charge in [0.25, 0.3) is 0 Å². The van der Waals surface area contributed by atoms with E-state index in [0.29, 0.717) is 0 Å². The van der Waals surface area contributed by atoms with Crippen molar-refractivity contribution in [1.29, 1.82) is 0 Å². The highest BCUT2D eigenvalue weighted by molar-refractivity contribution is 6.03. The third-order valence-electron chi connectivity index (χ3n) is 0.978. The maximum atomic E-state index is 10.4. The quantitative estimate of drug-likeness (QED) is 0.405. The summed E-state index contributed by atoms with van der Waals surface area (Å²) < 4.78 is 0. The average Bonchev–Trinajstić information content (AvgIpc) is 1.85. The Kier molecular flexibility index (Phi) is 0.932. The molecule has 0 bridgehead atoms. The fourth-order valence-corrected chi connectivity index (χ4v) is 0.518. The third kappa shape index (κ3) is 0.641. The van der Waals surface area contributed by atoms with Crippen LogP contribution >= 0.6 is 0 Å². The molecule has 1 rings (SSSR count). The van der Waals surface area contributed by atoms with Gasteiger partial charge in [-0.3, -0.25) is 10.1 Å². The number of imide groups is 1. The molecular weight excluding hydrogens is 108 g/mol. The summed E-state index contributed by atoms with van der Waals surface area (Å²) in [6.07, 6.45) is 0. The van der Waals surface area contributed by atoms with Gasteiger partial charge in [-0.2, -0.15) is 0 Å². The van der Waals surface area contributed by atoms with Gasteiger partial charge >= 0.3 is 6.03 Å². The minimum Gasteiger partial charge on any atom is -0.326 e.